The van der Waals surface area contributed by atoms with Crippen molar-refractivity contribution in [2.24, 2.45) is 0 Å². The number of hydrogen-bond acceptors (Lipinski definition) is 4. The molecule has 0 fully saturated rings. The summed E-state index contributed by atoms with van der Waals surface area (Å²) in [5.41, 5.74) is 0.346. The predicted octanol–water partition coefficient (Wildman–Crippen LogP) is 6.43. The highest BCUT2D eigenvalue weighted by Gasteiger charge is 2.26. The molecule has 0 spiro atoms. The zero-order valence-corrected chi connectivity index (χ0v) is 18.9. The fourth-order valence-corrected chi connectivity index (χ4v) is 3.40. The molecule has 2 rings (SSSR count). The Morgan fingerprint density at radius 3 is 2.34 bits per heavy atom. The molecule has 0 aliphatic carbocycles. The molecule has 0 aliphatic heterocycles. The predicted molar refractivity (Wildman–Crippen MR) is 119 cm³/mol. The number of carbonyl (C=O) groups excluding carboxylic acids is 1. The molecule has 1 amide bonds. The molecule has 0 radical (unpaired) electrons. The van der Waals surface area contributed by atoms with Crippen molar-refractivity contribution in [2.75, 3.05) is 24.7 Å². The Hall–Kier alpha value is -1.69. The van der Waals surface area contributed by atoms with E-state index in [0.717, 1.165) is 25.0 Å². The van der Waals surface area contributed by atoms with Crippen LogP contribution in [0.1, 0.15) is 39.5 Å². The lowest BCUT2D eigenvalue weighted by Crippen LogP contribution is -2.32. The summed E-state index contributed by atoms with van der Waals surface area (Å²) in [4.78, 5) is 18.4. The summed E-state index contributed by atoms with van der Waals surface area (Å²) < 4.78 is 11.3. The number of unbranched alkanes of at least 4 members (excludes halogenated alkanes) is 1. The summed E-state index contributed by atoms with van der Waals surface area (Å²) in [6.07, 6.45) is 2.83. The van der Waals surface area contributed by atoms with Gasteiger partial charge < -0.3 is 14.4 Å². The van der Waals surface area contributed by atoms with E-state index in [-0.39, 0.29) is 33.6 Å². The molecule has 5 nitrogen and oxygen atoms in total. The average molecular weight is 460 g/mol. The van der Waals surface area contributed by atoms with Crippen molar-refractivity contribution >= 4 is 46.4 Å². The Labute approximate surface area is 186 Å². The lowest BCUT2D eigenvalue weighted by atomic mass is 10.2. The average Bonchev–Trinajstić information content (AvgIpc) is 2.72. The van der Waals surface area contributed by atoms with Gasteiger partial charge in [-0.15, -0.1) is 0 Å². The van der Waals surface area contributed by atoms with E-state index in [0.29, 0.717) is 25.3 Å². The summed E-state index contributed by atoms with van der Waals surface area (Å²) in [7, 11) is 0. The van der Waals surface area contributed by atoms with E-state index in [9.17, 15) is 4.79 Å². The molecule has 1 heterocycles. The summed E-state index contributed by atoms with van der Waals surface area (Å²) in [5, 5.41) is 0.348. The maximum absolute atomic E-state index is 12.7. The maximum Gasteiger partial charge on any atom is 0.236 e. The number of para-hydroxylation sites is 1. The Kier molecular flexibility index (Phi) is 9.85. The van der Waals surface area contributed by atoms with Crippen LogP contribution in [0.25, 0.3) is 0 Å². The van der Waals surface area contributed by atoms with E-state index in [4.69, 9.17) is 44.3 Å². The fraction of sp³-hybridized carbons (Fsp3) is 0.429. The highest BCUT2D eigenvalue weighted by Crippen LogP contribution is 2.43. The number of pyridine rings is 1. The molecule has 8 heteroatoms. The third kappa shape index (κ3) is 6.66. The molecule has 0 bridgehead atoms. The van der Waals surface area contributed by atoms with Gasteiger partial charge in [0.25, 0.3) is 0 Å². The molecule has 158 valence electrons. The van der Waals surface area contributed by atoms with Gasteiger partial charge in [-0.25, -0.2) is 0 Å². The maximum atomic E-state index is 12.7. The molecular formula is C21H25Cl3N2O3. The van der Waals surface area contributed by atoms with Gasteiger partial charge in [-0.2, -0.15) is 4.98 Å². The van der Waals surface area contributed by atoms with Crippen molar-refractivity contribution in [3.05, 3.63) is 45.5 Å². The number of benzene rings is 1. The van der Waals surface area contributed by atoms with E-state index in [2.05, 4.69) is 4.98 Å². The van der Waals surface area contributed by atoms with Crippen LogP contribution in [0.15, 0.2) is 30.3 Å². The minimum absolute atomic E-state index is 0.0378. The Morgan fingerprint density at radius 1 is 1.00 bits per heavy atom. The van der Waals surface area contributed by atoms with Crippen LogP contribution < -0.4 is 14.4 Å². The smallest absolute Gasteiger partial charge is 0.236 e. The largest absolute Gasteiger partial charge is 0.490 e. The van der Waals surface area contributed by atoms with Crippen molar-refractivity contribution in [1.29, 1.82) is 0 Å². The molecule has 0 atom stereocenters. The zero-order chi connectivity index (χ0) is 21.2. The number of nitrogens with zero attached hydrogens (tertiary/aromatic N) is 2. The monoisotopic (exact) mass is 458 g/mol. The normalized spacial score (nSPS) is 10.7. The van der Waals surface area contributed by atoms with Gasteiger partial charge in [-0.05, 0) is 25.0 Å². The Morgan fingerprint density at radius 2 is 1.69 bits per heavy atom. The van der Waals surface area contributed by atoms with Gasteiger partial charge in [0, 0.05) is 13.0 Å². The first kappa shape index (κ1) is 23.6. The number of ether oxygens (including phenoxy) is 2. The van der Waals surface area contributed by atoms with E-state index in [1.165, 1.54) is 0 Å². The second kappa shape index (κ2) is 12.1. The van der Waals surface area contributed by atoms with Crippen molar-refractivity contribution in [3.8, 4) is 11.6 Å². The van der Waals surface area contributed by atoms with Crippen LogP contribution in [0.4, 0.5) is 5.69 Å². The van der Waals surface area contributed by atoms with E-state index in [1.807, 2.05) is 44.2 Å². The summed E-state index contributed by atoms with van der Waals surface area (Å²) in [6.45, 7) is 4.99. The second-order valence-corrected chi connectivity index (χ2v) is 7.46. The van der Waals surface area contributed by atoms with Crippen molar-refractivity contribution in [1.82, 2.24) is 4.98 Å². The quantitative estimate of drug-likeness (QED) is 0.287. The van der Waals surface area contributed by atoms with Gasteiger partial charge in [0.05, 0.1) is 5.69 Å². The number of halogens is 3. The summed E-state index contributed by atoms with van der Waals surface area (Å²) in [6, 6.07) is 9.39. The lowest BCUT2D eigenvalue weighted by molar-refractivity contribution is -0.118. The molecule has 1 aromatic carbocycles. The highest BCUT2D eigenvalue weighted by atomic mass is 35.5. The Bertz CT molecular complexity index is 804. The molecule has 0 N–H and O–H groups in total. The molecule has 0 saturated carbocycles. The first-order chi connectivity index (χ1) is 14.0. The number of anilines is 1. The number of hydrogen-bond donors (Lipinski definition) is 0. The minimum Gasteiger partial charge on any atom is -0.490 e. The fourth-order valence-electron chi connectivity index (χ4n) is 2.66. The SMILES string of the molecule is CCCCN(C(=O)CCC)c1c(Cl)c(Cl)nc(OCCOc2ccccc2)c1Cl. The standard InChI is InChI=1S/C21H25Cl3N2O3/c1-3-5-12-26(16(27)9-4-2)19-17(22)20(24)25-21(18(19)23)29-14-13-28-15-10-7-6-8-11-15/h6-8,10-11H,3-5,9,12-14H2,1-2H3. The van der Waals surface area contributed by atoms with E-state index < -0.39 is 0 Å². The first-order valence-electron chi connectivity index (χ1n) is 9.65. The van der Waals surface area contributed by atoms with Crippen molar-refractivity contribution in [3.63, 3.8) is 0 Å². The van der Waals surface area contributed by atoms with E-state index in [1.54, 1.807) is 4.90 Å². The Balaban J connectivity index is 2.19. The van der Waals surface area contributed by atoms with Gasteiger partial charge in [-0.3, -0.25) is 4.79 Å². The summed E-state index contributed by atoms with van der Waals surface area (Å²) >= 11 is 19.1. The first-order valence-corrected chi connectivity index (χ1v) is 10.8. The molecule has 0 unspecified atom stereocenters. The number of rotatable bonds is 11. The third-order valence-corrected chi connectivity index (χ3v) is 5.16. The van der Waals surface area contributed by atoms with Gasteiger partial charge in [-0.1, -0.05) is 73.3 Å². The third-order valence-electron chi connectivity index (χ3n) is 4.09. The minimum atomic E-state index is -0.0645. The molecular weight excluding hydrogens is 435 g/mol. The highest BCUT2D eigenvalue weighted by molar-refractivity contribution is 6.46. The lowest BCUT2D eigenvalue weighted by Gasteiger charge is -2.26. The molecule has 2 aromatic rings. The zero-order valence-electron chi connectivity index (χ0n) is 16.6. The summed E-state index contributed by atoms with van der Waals surface area (Å²) in [5.74, 6) is 0.796. The van der Waals surface area contributed by atoms with Gasteiger partial charge in [0.15, 0.2) is 5.15 Å². The van der Waals surface area contributed by atoms with Crippen LogP contribution in [0.3, 0.4) is 0 Å². The van der Waals surface area contributed by atoms with Gasteiger partial charge in [0.2, 0.25) is 11.8 Å². The molecule has 0 aliphatic rings. The van der Waals surface area contributed by atoms with Crippen LogP contribution in [0.5, 0.6) is 11.6 Å². The molecule has 0 saturated heterocycles. The van der Waals surface area contributed by atoms with Crippen LogP contribution >= 0.6 is 34.8 Å². The van der Waals surface area contributed by atoms with Gasteiger partial charge >= 0.3 is 0 Å². The van der Waals surface area contributed by atoms with Crippen LogP contribution in [0.2, 0.25) is 15.2 Å². The van der Waals surface area contributed by atoms with Crippen LogP contribution in [-0.2, 0) is 4.79 Å². The molecule has 1 aromatic heterocycles. The topological polar surface area (TPSA) is 51.7 Å². The van der Waals surface area contributed by atoms with Crippen LogP contribution in [0, 0.1) is 0 Å². The molecule has 29 heavy (non-hydrogen) atoms. The number of carbonyl (C=O) groups is 1. The van der Waals surface area contributed by atoms with E-state index >= 15 is 0 Å². The van der Waals surface area contributed by atoms with Crippen molar-refractivity contribution in [2.45, 2.75) is 39.5 Å². The number of amides is 1. The van der Waals surface area contributed by atoms with Crippen molar-refractivity contribution < 1.29 is 14.3 Å². The second-order valence-electron chi connectivity index (χ2n) is 6.34. The van der Waals surface area contributed by atoms with Crippen LogP contribution in [-0.4, -0.2) is 30.6 Å². The van der Waals surface area contributed by atoms with Gasteiger partial charge in [0.1, 0.15) is 29.0 Å². The number of aromatic nitrogens is 1.